The molecule has 1 N–H and O–H groups in total. The van der Waals surface area contributed by atoms with E-state index in [2.05, 4.69) is 19.9 Å². The molecule has 0 bridgehead atoms. The lowest BCUT2D eigenvalue weighted by Crippen LogP contribution is -2.15. The van der Waals surface area contributed by atoms with Crippen molar-refractivity contribution in [2.24, 2.45) is 0 Å². The number of hydrogen-bond donors (Lipinski definition) is 1. The van der Waals surface area contributed by atoms with Crippen molar-refractivity contribution in [3.8, 4) is 17.5 Å². The molecule has 0 aliphatic carbocycles. The van der Waals surface area contributed by atoms with Crippen LogP contribution < -0.4 is 15.0 Å². The number of ether oxygens (including phenoxy) is 2. The smallest absolute Gasteiger partial charge is 0.296 e. The van der Waals surface area contributed by atoms with Gasteiger partial charge in [0, 0.05) is 18.2 Å². The molecule has 1 aromatic carbocycles. The van der Waals surface area contributed by atoms with Crippen LogP contribution in [0.2, 0.25) is 0 Å². The molecule has 0 fully saturated rings. The van der Waals surface area contributed by atoms with Gasteiger partial charge in [-0.05, 0) is 31.0 Å². The van der Waals surface area contributed by atoms with Crippen molar-refractivity contribution in [3.63, 3.8) is 0 Å². The average Bonchev–Trinajstić information content (AvgIpc) is 2.65. The van der Waals surface area contributed by atoms with E-state index in [-0.39, 0.29) is 11.6 Å². The lowest BCUT2D eigenvalue weighted by molar-refractivity contribution is 0.295. The predicted octanol–water partition coefficient (Wildman–Crippen LogP) is 2.84. The summed E-state index contributed by atoms with van der Waals surface area (Å²) in [5.41, 5.74) is 1.58. The van der Waals surface area contributed by atoms with E-state index in [9.17, 15) is 4.79 Å². The number of benzene rings is 1. The third kappa shape index (κ3) is 4.66. The van der Waals surface area contributed by atoms with E-state index >= 15 is 0 Å². The van der Waals surface area contributed by atoms with E-state index in [1.807, 2.05) is 38.1 Å². The van der Waals surface area contributed by atoms with Crippen molar-refractivity contribution in [1.29, 1.82) is 0 Å². The number of aromatic amines is 1. The maximum Gasteiger partial charge on any atom is 0.296 e. The minimum absolute atomic E-state index is 0.154. The van der Waals surface area contributed by atoms with Crippen LogP contribution in [0.3, 0.4) is 0 Å². The Kier molecular flexibility index (Phi) is 5.58. The summed E-state index contributed by atoms with van der Waals surface area (Å²) in [6.07, 6.45) is 6.16. The Hall–Kier alpha value is -3.22. The molecule has 3 aromatic rings. The first-order valence-electron chi connectivity index (χ1n) is 8.40. The molecule has 26 heavy (non-hydrogen) atoms. The van der Waals surface area contributed by atoms with Crippen LogP contribution in [0, 0.1) is 6.92 Å². The lowest BCUT2D eigenvalue weighted by atomic mass is 10.1. The Morgan fingerprint density at radius 1 is 1.00 bits per heavy atom. The summed E-state index contributed by atoms with van der Waals surface area (Å²) in [7, 11) is 0. The molecule has 0 spiro atoms. The highest BCUT2D eigenvalue weighted by atomic mass is 16.5. The molecule has 0 aliphatic rings. The van der Waals surface area contributed by atoms with E-state index in [1.54, 1.807) is 18.6 Å². The molecule has 0 aliphatic heterocycles. The molecule has 0 atom stereocenters. The van der Waals surface area contributed by atoms with Gasteiger partial charge >= 0.3 is 0 Å². The summed E-state index contributed by atoms with van der Waals surface area (Å²) < 4.78 is 11.2. The molecule has 0 radical (unpaired) electrons. The van der Waals surface area contributed by atoms with Crippen LogP contribution >= 0.6 is 0 Å². The van der Waals surface area contributed by atoms with E-state index in [4.69, 9.17) is 9.47 Å². The highest BCUT2D eigenvalue weighted by Gasteiger charge is 2.03. The minimum atomic E-state index is -0.154. The summed E-state index contributed by atoms with van der Waals surface area (Å²) in [4.78, 5) is 26.6. The zero-order valence-corrected chi connectivity index (χ0v) is 14.7. The third-order valence-electron chi connectivity index (χ3n) is 3.78. The fraction of sp³-hybridized carbons (Fsp3) is 0.263. The molecule has 2 heterocycles. The minimum Gasteiger partial charge on any atom is -0.464 e. The Bertz CT molecular complexity index is 905. The summed E-state index contributed by atoms with van der Waals surface area (Å²) in [5, 5.41) is 0. The van der Waals surface area contributed by atoms with E-state index in [1.165, 1.54) is 0 Å². The number of H-pyrrole nitrogens is 1. The Morgan fingerprint density at radius 3 is 2.38 bits per heavy atom. The first kappa shape index (κ1) is 17.6. The van der Waals surface area contributed by atoms with Crippen molar-refractivity contribution in [3.05, 3.63) is 70.2 Å². The number of hydrogen-bond acceptors (Lipinski definition) is 6. The van der Waals surface area contributed by atoms with E-state index in [0.29, 0.717) is 42.3 Å². The molecule has 2 aromatic heterocycles. The third-order valence-corrected chi connectivity index (χ3v) is 3.78. The number of aromatic nitrogens is 4. The molecule has 0 saturated heterocycles. The zero-order chi connectivity index (χ0) is 18.4. The Balaban J connectivity index is 1.52. The predicted molar refractivity (Wildman–Crippen MR) is 96.7 cm³/mol. The Morgan fingerprint density at radius 2 is 1.73 bits per heavy atom. The number of rotatable bonds is 7. The quantitative estimate of drug-likeness (QED) is 0.703. The highest BCUT2D eigenvalue weighted by molar-refractivity contribution is 5.31. The number of nitrogens with zero attached hydrogens (tertiary/aromatic N) is 3. The van der Waals surface area contributed by atoms with Gasteiger partial charge in [0.15, 0.2) is 5.75 Å². The highest BCUT2D eigenvalue weighted by Crippen LogP contribution is 2.20. The van der Waals surface area contributed by atoms with Gasteiger partial charge in [-0.3, -0.25) is 9.78 Å². The molecule has 0 amide bonds. The lowest BCUT2D eigenvalue weighted by Gasteiger charge is -2.07. The second-order valence-electron chi connectivity index (χ2n) is 5.71. The van der Waals surface area contributed by atoms with Crippen LogP contribution in [-0.4, -0.2) is 26.5 Å². The average molecular weight is 352 g/mol. The van der Waals surface area contributed by atoms with Crippen LogP contribution in [0.1, 0.15) is 23.9 Å². The van der Waals surface area contributed by atoms with Gasteiger partial charge in [-0.25, -0.2) is 15.0 Å². The maximum atomic E-state index is 11.7. The van der Waals surface area contributed by atoms with Crippen molar-refractivity contribution < 1.29 is 9.47 Å². The molecular formula is C19H20N4O3. The normalized spacial score (nSPS) is 10.5. The monoisotopic (exact) mass is 352 g/mol. The van der Waals surface area contributed by atoms with E-state index < -0.39 is 0 Å². The maximum absolute atomic E-state index is 11.7. The van der Waals surface area contributed by atoms with Crippen LogP contribution in [0.5, 0.6) is 17.5 Å². The van der Waals surface area contributed by atoms with Gasteiger partial charge in [0.05, 0.1) is 19.0 Å². The van der Waals surface area contributed by atoms with Gasteiger partial charge in [0.25, 0.3) is 11.6 Å². The molecule has 3 rings (SSSR count). The van der Waals surface area contributed by atoms with Gasteiger partial charge in [-0.1, -0.05) is 19.1 Å². The topological polar surface area (TPSA) is 90.0 Å². The molecule has 0 unspecified atom stereocenters. The van der Waals surface area contributed by atoms with E-state index in [0.717, 1.165) is 5.56 Å². The largest absolute Gasteiger partial charge is 0.464 e. The molecule has 7 nitrogen and oxygen atoms in total. The fourth-order valence-corrected chi connectivity index (χ4v) is 2.29. The first-order chi connectivity index (χ1) is 12.6. The molecule has 134 valence electrons. The standard InChI is InChI=1S/C19H20N4O3/c1-3-15-10-22-19(23-18(15)24)25-9-8-14-4-6-16(7-5-14)26-17-11-20-13(2)21-12-17/h4-7,10-12H,3,8-9H2,1-2H3,(H,22,23,24). The molecular weight excluding hydrogens is 332 g/mol. The van der Waals surface area contributed by atoms with Crippen molar-refractivity contribution in [1.82, 2.24) is 19.9 Å². The van der Waals surface area contributed by atoms with Gasteiger partial charge in [0.2, 0.25) is 0 Å². The van der Waals surface area contributed by atoms with Crippen LogP contribution in [0.4, 0.5) is 0 Å². The summed E-state index contributed by atoms with van der Waals surface area (Å²) in [6, 6.07) is 7.93. The zero-order valence-electron chi connectivity index (χ0n) is 14.7. The van der Waals surface area contributed by atoms with Gasteiger partial charge < -0.3 is 9.47 Å². The number of aryl methyl sites for hydroxylation is 2. The summed E-state index contributed by atoms with van der Waals surface area (Å²) in [5.74, 6) is 2.01. The van der Waals surface area contributed by atoms with Crippen LogP contribution in [0.25, 0.3) is 0 Å². The van der Waals surface area contributed by atoms with Crippen LogP contribution in [0.15, 0.2) is 47.7 Å². The van der Waals surface area contributed by atoms with Gasteiger partial charge in [-0.2, -0.15) is 0 Å². The van der Waals surface area contributed by atoms with Crippen molar-refractivity contribution in [2.75, 3.05) is 6.61 Å². The van der Waals surface area contributed by atoms with Crippen LogP contribution in [-0.2, 0) is 12.8 Å². The van der Waals surface area contributed by atoms with Gasteiger partial charge in [0.1, 0.15) is 11.6 Å². The van der Waals surface area contributed by atoms with Crippen molar-refractivity contribution >= 4 is 0 Å². The summed E-state index contributed by atoms with van der Waals surface area (Å²) in [6.45, 7) is 4.15. The first-order valence-corrected chi connectivity index (χ1v) is 8.40. The SMILES string of the molecule is CCc1cnc(OCCc2ccc(Oc3cnc(C)nc3)cc2)[nH]c1=O. The second-order valence-corrected chi connectivity index (χ2v) is 5.71. The van der Waals surface area contributed by atoms with Gasteiger partial charge in [-0.15, -0.1) is 0 Å². The second kappa shape index (κ2) is 8.24. The van der Waals surface area contributed by atoms with Crippen molar-refractivity contribution in [2.45, 2.75) is 26.7 Å². The summed E-state index contributed by atoms with van der Waals surface area (Å²) >= 11 is 0. The molecule has 7 heteroatoms. The number of nitrogens with one attached hydrogen (secondary N) is 1. The molecule has 0 saturated carbocycles. The fourth-order valence-electron chi connectivity index (χ4n) is 2.29. The Labute approximate surface area is 151 Å².